The molecule has 4 nitrogen and oxygen atoms in total. The maximum absolute atomic E-state index is 13.8. The van der Waals surface area contributed by atoms with Crippen molar-refractivity contribution >= 4 is 11.9 Å². The number of benzene rings is 1. The normalized spacial score (nSPS) is 26.2. The number of Topliss-reactive ketones (excluding diaryl/α,β-unsaturated/α-hetero) is 1. The van der Waals surface area contributed by atoms with E-state index < -0.39 is 5.60 Å². The Balaban J connectivity index is 0.000000231. The topological polar surface area (TPSA) is 51.2 Å². The third kappa shape index (κ3) is 5.77. The molecule has 1 aliphatic carbocycles. The van der Waals surface area contributed by atoms with Crippen molar-refractivity contribution in [2.45, 2.75) is 59.6 Å². The Kier molecular flexibility index (Phi) is 8.19. The van der Waals surface area contributed by atoms with Crippen LogP contribution in [0.15, 0.2) is 48.7 Å². The number of nitrogens with one attached hydrogen (secondary N) is 1. The summed E-state index contributed by atoms with van der Waals surface area (Å²) in [4.78, 5) is 15.8. The van der Waals surface area contributed by atoms with E-state index in [2.05, 4.69) is 57.1 Å². The third-order valence-electron chi connectivity index (χ3n) is 7.32. The van der Waals surface area contributed by atoms with Gasteiger partial charge in [0.15, 0.2) is 5.78 Å². The van der Waals surface area contributed by atoms with E-state index >= 15 is 0 Å². The molecule has 2 heterocycles. The van der Waals surface area contributed by atoms with Crippen molar-refractivity contribution < 1.29 is 13.9 Å². The predicted molar refractivity (Wildman–Crippen MR) is 132 cm³/mol. The molecule has 1 saturated carbocycles. The van der Waals surface area contributed by atoms with Crippen molar-refractivity contribution in [3.63, 3.8) is 0 Å². The Labute approximate surface area is 197 Å². The summed E-state index contributed by atoms with van der Waals surface area (Å²) in [6, 6.07) is 10.9. The van der Waals surface area contributed by atoms with Crippen LogP contribution in [-0.4, -0.2) is 29.1 Å². The summed E-state index contributed by atoms with van der Waals surface area (Å²) in [5, 5.41) is 3.20. The zero-order valence-electron chi connectivity index (χ0n) is 20.6. The summed E-state index contributed by atoms with van der Waals surface area (Å²) in [5.41, 5.74) is 1.79. The smallest absolute Gasteiger partial charge is 0.166 e. The number of ketones is 1. The van der Waals surface area contributed by atoms with E-state index in [1.807, 2.05) is 25.1 Å². The number of hydrogen-bond donors (Lipinski definition) is 1. The molecule has 5 atom stereocenters. The highest BCUT2D eigenvalue weighted by Crippen LogP contribution is 2.37. The van der Waals surface area contributed by atoms with E-state index in [0.29, 0.717) is 42.4 Å². The van der Waals surface area contributed by atoms with E-state index in [9.17, 15) is 9.18 Å². The highest BCUT2D eigenvalue weighted by atomic mass is 19.1. The number of aromatic nitrogens is 1. The van der Waals surface area contributed by atoms with Crippen LogP contribution in [0.5, 0.6) is 0 Å². The van der Waals surface area contributed by atoms with Crippen molar-refractivity contribution in [2.75, 3.05) is 6.73 Å². The van der Waals surface area contributed by atoms with E-state index in [1.54, 1.807) is 18.3 Å². The molecule has 2 aliphatic rings. The van der Waals surface area contributed by atoms with Gasteiger partial charge >= 0.3 is 0 Å². The van der Waals surface area contributed by atoms with Crippen LogP contribution in [0.1, 0.15) is 53.7 Å². The fourth-order valence-corrected chi connectivity index (χ4v) is 4.57. The summed E-state index contributed by atoms with van der Waals surface area (Å²) in [6.07, 6.45) is 6.65. The lowest BCUT2D eigenvalue weighted by Crippen LogP contribution is -2.42. The van der Waals surface area contributed by atoms with E-state index in [1.165, 1.54) is 6.07 Å². The lowest BCUT2D eigenvalue weighted by molar-refractivity contribution is -0.133. The third-order valence-corrected chi connectivity index (χ3v) is 7.32. The van der Waals surface area contributed by atoms with Crippen LogP contribution in [-0.2, 0) is 9.53 Å². The molecule has 1 saturated heterocycles. The maximum atomic E-state index is 13.8. The van der Waals surface area contributed by atoms with Crippen LogP contribution in [0, 0.1) is 29.5 Å². The first-order valence-electron chi connectivity index (χ1n) is 11.9. The molecular weight excluding hydrogens is 415 g/mol. The van der Waals surface area contributed by atoms with Gasteiger partial charge in [-0.2, -0.15) is 0 Å². The van der Waals surface area contributed by atoms with Gasteiger partial charge in [-0.15, -0.1) is 0 Å². The highest BCUT2D eigenvalue weighted by Gasteiger charge is 2.54. The Hall–Kier alpha value is -2.37. The van der Waals surface area contributed by atoms with Gasteiger partial charge in [0.25, 0.3) is 0 Å². The molecule has 1 N–H and O–H groups in total. The van der Waals surface area contributed by atoms with Gasteiger partial charge in [0.1, 0.15) is 11.4 Å². The van der Waals surface area contributed by atoms with Crippen LogP contribution >= 0.6 is 0 Å². The first-order chi connectivity index (χ1) is 15.6. The molecule has 33 heavy (non-hydrogen) atoms. The lowest BCUT2D eigenvalue weighted by Gasteiger charge is -2.21. The first kappa shape index (κ1) is 25.3. The number of nitrogens with zero attached hydrogens (tertiary/aromatic N) is 1. The number of ether oxygens (including phenoxy) is 1. The maximum Gasteiger partial charge on any atom is 0.166 e. The zero-order valence-corrected chi connectivity index (χ0v) is 20.6. The Morgan fingerprint density at radius 1 is 1.18 bits per heavy atom. The standard InChI is InChI=1S/C20H24FN.C8H13NO2/c1-14(2)16(4)15(3)9-11-18-12-10-17(13-22-18)19-7-5-6-8-20(19)21;1-5-3-6(10)8(2)7(5)9-4-11-8/h5-16H,1-4H3;5,7,9H,3-4H2,1-2H3/b11-9+;/t15-,16?;/m0./s1. The molecule has 5 heteroatoms. The molecule has 178 valence electrons. The Morgan fingerprint density at radius 3 is 2.52 bits per heavy atom. The molecule has 1 aliphatic heterocycles. The molecule has 4 unspecified atom stereocenters. The van der Waals surface area contributed by atoms with Crippen LogP contribution < -0.4 is 5.32 Å². The van der Waals surface area contributed by atoms with Crippen molar-refractivity contribution in [1.29, 1.82) is 0 Å². The molecule has 0 amide bonds. The first-order valence-corrected chi connectivity index (χ1v) is 11.9. The number of carbonyl (C=O) groups excluding carboxylic acids is 1. The van der Waals surface area contributed by atoms with Gasteiger partial charge in [-0.25, -0.2) is 4.39 Å². The zero-order chi connectivity index (χ0) is 24.2. The average molecular weight is 453 g/mol. The molecular formula is C28H37FN2O2. The fourth-order valence-electron chi connectivity index (χ4n) is 4.57. The Morgan fingerprint density at radius 2 is 1.91 bits per heavy atom. The molecule has 0 bridgehead atoms. The number of pyridine rings is 1. The highest BCUT2D eigenvalue weighted by molar-refractivity contribution is 5.91. The van der Waals surface area contributed by atoms with Gasteiger partial charge < -0.3 is 4.74 Å². The quantitative estimate of drug-likeness (QED) is 0.593. The molecule has 2 aromatic rings. The summed E-state index contributed by atoms with van der Waals surface area (Å²) in [5.74, 6) is 2.26. The Bertz CT molecular complexity index is 972. The molecule has 0 spiro atoms. The summed E-state index contributed by atoms with van der Waals surface area (Å²) in [6.45, 7) is 13.5. The van der Waals surface area contributed by atoms with Gasteiger partial charge in [0, 0.05) is 29.8 Å². The average Bonchev–Trinajstić information content (AvgIpc) is 3.29. The number of fused-ring (bicyclic) bond motifs is 1. The molecule has 4 rings (SSSR count). The molecule has 1 aromatic heterocycles. The number of carbonyl (C=O) groups is 1. The van der Waals surface area contributed by atoms with Crippen LogP contribution in [0.25, 0.3) is 17.2 Å². The number of hydrogen-bond acceptors (Lipinski definition) is 4. The molecule has 2 fully saturated rings. The van der Waals surface area contributed by atoms with Gasteiger partial charge in [0.2, 0.25) is 0 Å². The second-order valence-corrected chi connectivity index (χ2v) is 9.96. The van der Waals surface area contributed by atoms with Crippen LogP contribution in [0.4, 0.5) is 4.39 Å². The van der Waals surface area contributed by atoms with Crippen molar-refractivity contribution in [2.24, 2.45) is 23.7 Å². The van der Waals surface area contributed by atoms with Crippen molar-refractivity contribution in [1.82, 2.24) is 10.3 Å². The summed E-state index contributed by atoms with van der Waals surface area (Å²) >= 11 is 0. The SMILES string of the molecule is CC(C)C(C)[C@@H](C)/C=C/c1ccc(-c2ccccc2F)cn1.CC1CC(=O)C2(C)OCNC12. The number of halogens is 1. The van der Waals surface area contributed by atoms with Gasteiger partial charge in [0.05, 0.1) is 12.4 Å². The largest absolute Gasteiger partial charge is 0.351 e. The van der Waals surface area contributed by atoms with E-state index in [0.717, 1.165) is 11.3 Å². The van der Waals surface area contributed by atoms with Crippen LogP contribution in [0.3, 0.4) is 0 Å². The second-order valence-electron chi connectivity index (χ2n) is 9.96. The number of rotatable bonds is 5. The van der Waals surface area contributed by atoms with Gasteiger partial charge in [-0.1, -0.05) is 65.0 Å². The minimum atomic E-state index is -0.514. The van der Waals surface area contributed by atoms with Crippen molar-refractivity contribution in [3.8, 4) is 11.1 Å². The monoisotopic (exact) mass is 452 g/mol. The van der Waals surface area contributed by atoms with Gasteiger partial charge in [-0.3, -0.25) is 15.1 Å². The minimum absolute atomic E-state index is 0.216. The van der Waals surface area contributed by atoms with E-state index in [-0.39, 0.29) is 17.6 Å². The molecule has 1 aromatic carbocycles. The fraction of sp³-hybridized carbons (Fsp3) is 0.500. The van der Waals surface area contributed by atoms with Gasteiger partial charge in [-0.05, 0) is 48.8 Å². The number of allylic oxidation sites excluding steroid dienone is 1. The van der Waals surface area contributed by atoms with Crippen molar-refractivity contribution in [3.05, 3.63) is 60.2 Å². The minimum Gasteiger partial charge on any atom is -0.351 e. The molecule has 0 radical (unpaired) electrons. The predicted octanol–water partition coefficient (Wildman–Crippen LogP) is 6.13. The van der Waals surface area contributed by atoms with E-state index in [4.69, 9.17) is 4.74 Å². The van der Waals surface area contributed by atoms with Crippen LogP contribution in [0.2, 0.25) is 0 Å². The second kappa shape index (κ2) is 10.7. The summed E-state index contributed by atoms with van der Waals surface area (Å²) in [7, 11) is 0. The summed E-state index contributed by atoms with van der Waals surface area (Å²) < 4.78 is 19.1. The lowest BCUT2D eigenvalue weighted by atomic mass is 9.86.